The SMILES string of the molecule is CC1(C)[C@H]2CC[C@]1(C)[C@@H](OCCOCCO[C@H]1C[C@@H]3CC[C@@]1(C)C3(C)C)C2. The van der Waals surface area contributed by atoms with Crippen molar-refractivity contribution in [1.82, 2.24) is 0 Å². The molecule has 0 aromatic carbocycles. The predicted molar refractivity (Wildman–Crippen MR) is 109 cm³/mol. The minimum Gasteiger partial charge on any atom is -0.377 e. The number of hydrogen-bond acceptors (Lipinski definition) is 3. The summed E-state index contributed by atoms with van der Waals surface area (Å²) >= 11 is 0. The van der Waals surface area contributed by atoms with Crippen molar-refractivity contribution in [2.24, 2.45) is 33.5 Å². The lowest BCUT2D eigenvalue weighted by molar-refractivity contribution is -0.0835. The van der Waals surface area contributed by atoms with Gasteiger partial charge in [-0.1, -0.05) is 41.5 Å². The third-order valence-corrected chi connectivity index (χ3v) is 10.5. The monoisotopic (exact) mass is 378 g/mol. The van der Waals surface area contributed by atoms with Gasteiger partial charge in [-0.2, -0.15) is 0 Å². The third kappa shape index (κ3) is 2.86. The van der Waals surface area contributed by atoms with E-state index in [0.29, 0.717) is 47.1 Å². The lowest BCUT2D eigenvalue weighted by Gasteiger charge is -2.39. The summed E-state index contributed by atoms with van der Waals surface area (Å²) in [4.78, 5) is 0. The van der Waals surface area contributed by atoms with Gasteiger partial charge in [-0.15, -0.1) is 0 Å². The first-order valence-electron chi connectivity index (χ1n) is 11.4. The number of ether oxygens (including phenoxy) is 3. The average Bonchev–Trinajstić information content (AvgIpc) is 3.12. The van der Waals surface area contributed by atoms with Gasteiger partial charge in [-0.3, -0.25) is 0 Å². The van der Waals surface area contributed by atoms with Gasteiger partial charge in [0.2, 0.25) is 0 Å². The molecule has 0 heterocycles. The van der Waals surface area contributed by atoms with Crippen LogP contribution in [0.5, 0.6) is 0 Å². The van der Waals surface area contributed by atoms with Crippen LogP contribution in [0.4, 0.5) is 0 Å². The van der Waals surface area contributed by atoms with Crippen LogP contribution in [0.3, 0.4) is 0 Å². The smallest absolute Gasteiger partial charge is 0.0704 e. The van der Waals surface area contributed by atoms with E-state index < -0.39 is 0 Å². The van der Waals surface area contributed by atoms with Crippen LogP contribution < -0.4 is 0 Å². The van der Waals surface area contributed by atoms with Crippen molar-refractivity contribution in [1.29, 1.82) is 0 Å². The van der Waals surface area contributed by atoms with Crippen molar-refractivity contribution in [3.05, 3.63) is 0 Å². The molecule has 3 heteroatoms. The van der Waals surface area contributed by atoms with Gasteiger partial charge < -0.3 is 14.2 Å². The Balaban J connectivity index is 1.12. The highest BCUT2D eigenvalue weighted by atomic mass is 16.5. The molecule has 4 aliphatic carbocycles. The highest BCUT2D eigenvalue weighted by Crippen LogP contribution is 2.67. The van der Waals surface area contributed by atoms with Gasteiger partial charge >= 0.3 is 0 Å². The maximum absolute atomic E-state index is 6.27. The van der Waals surface area contributed by atoms with Crippen molar-refractivity contribution in [3.8, 4) is 0 Å². The highest BCUT2D eigenvalue weighted by Gasteiger charge is 2.62. The van der Waals surface area contributed by atoms with E-state index in [1.165, 1.54) is 38.5 Å². The molecule has 6 atom stereocenters. The van der Waals surface area contributed by atoms with E-state index in [-0.39, 0.29) is 0 Å². The Labute approximate surface area is 166 Å². The van der Waals surface area contributed by atoms with Crippen LogP contribution in [-0.2, 0) is 14.2 Å². The molecule has 4 rings (SSSR count). The van der Waals surface area contributed by atoms with Gasteiger partial charge in [-0.25, -0.2) is 0 Å². The molecule has 0 N–H and O–H groups in total. The maximum Gasteiger partial charge on any atom is 0.0704 e. The van der Waals surface area contributed by atoms with E-state index in [2.05, 4.69) is 41.5 Å². The van der Waals surface area contributed by atoms with E-state index >= 15 is 0 Å². The molecule has 0 aliphatic heterocycles. The second kappa shape index (κ2) is 6.71. The molecule has 0 amide bonds. The molecule has 156 valence electrons. The molecular formula is C24H42O3. The first kappa shape index (κ1) is 20.2. The lowest BCUT2D eigenvalue weighted by atomic mass is 9.70. The summed E-state index contributed by atoms with van der Waals surface area (Å²) in [6, 6.07) is 0. The fourth-order valence-corrected chi connectivity index (χ4v) is 7.37. The zero-order valence-corrected chi connectivity index (χ0v) is 18.6. The topological polar surface area (TPSA) is 27.7 Å². The first-order chi connectivity index (χ1) is 12.6. The van der Waals surface area contributed by atoms with Crippen molar-refractivity contribution >= 4 is 0 Å². The average molecular weight is 379 g/mol. The third-order valence-electron chi connectivity index (χ3n) is 10.5. The molecule has 4 bridgehead atoms. The Kier molecular flexibility index (Phi) is 5.01. The van der Waals surface area contributed by atoms with Gasteiger partial charge in [0.25, 0.3) is 0 Å². The molecule has 0 unspecified atom stereocenters. The van der Waals surface area contributed by atoms with Gasteiger partial charge in [0.15, 0.2) is 0 Å². The summed E-state index contributed by atoms with van der Waals surface area (Å²) in [5.74, 6) is 1.68. The molecule has 27 heavy (non-hydrogen) atoms. The number of hydrogen-bond donors (Lipinski definition) is 0. The number of fused-ring (bicyclic) bond motifs is 4. The van der Waals surface area contributed by atoms with Crippen LogP contribution >= 0.6 is 0 Å². The lowest BCUT2D eigenvalue weighted by Crippen LogP contribution is -2.38. The maximum atomic E-state index is 6.27. The van der Waals surface area contributed by atoms with Crippen molar-refractivity contribution in [2.75, 3.05) is 26.4 Å². The second-order valence-corrected chi connectivity index (χ2v) is 11.6. The van der Waals surface area contributed by atoms with Crippen LogP contribution in [0.2, 0.25) is 0 Å². The summed E-state index contributed by atoms with van der Waals surface area (Å²) < 4.78 is 18.4. The molecule has 4 aliphatic rings. The van der Waals surface area contributed by atoms with E-state index in [0.717, 1.165) is 25.0 Å². The minimum atomic E-state index is 0.352. The normalized spacial score (nSPS) is 46.4. The minimum absolute atomic E-state index is 0.352. The molecular weight excluding hydrogens is 336 g/mol. The van der Waals surface area contributed by atoms with E-state index in [9.17, 15) is 0 Å². The van der Waals surface area contributed by atoms with Crippen LogP contribution in [-0.4, -0.2) is 38.6 Å². The largest absolute Gasteiger partial charge is 0.377 e. The van der Waals surface area contributed by atoms with E-state index in [1.807, 2.05) is 0 Å². The summed E-state index contributed by atoms with van der Waals surface area (Å²) in [5.41, 5.74) is 1.56. The predicted octanol–water partition coefficient (Wildman–Crippen LogP) is 5.47. The second-order valence-electron chi connectivity index (χ2n) is 11.6. The summed E-state index contributed by atoms with van der Waals surface area (Å²) in [7, 11) is 0. The molecule has 0 spiro atoms. The van der Waals surface area contributed by atoms with E-state index in [1.54, 1.807) is 0 Å². The first-order valence-corrected chi connectivity index (χ1v) is 11.4. The summed E-state index contributed by atoms with van der Waals surface area (Å²) in [5, 5.41) is 0. The molecule has 0 radical (unpaired) electrons. The van der Waals surface area contributed by atoms with Gasteiger partial charge in [-0.05, 0) is 72.0 Å². The molecule has 0 aromatic heterocycles. The van der Waals surface area contributed by atoms with Crippen molar-refractivity contribution in [3.63, 3.8) is 0 Å². The molecule has 0 aromatic rings. The standard InChI is InChI=1S/C24H42O3/c1-21(2)17-7-9-23(21,5)19(15-17)26-13-11-25-12-14-27-20-16-18-8-10-24(20,6)22(18,3)4/h17-20H,7-16H2,1-6H3/t17-,18-,19-,20-,23+,24+/m0/s1. The van der Waals surface area contributed by atoms with E-state index in [4.69, 9.17) is 14.2 Å². The molecule has 4 fully saturated rings. The van der Waals surface area contributed by atoms with Crippen LogP contribution in [0.15, 0.2) is 0 Å². The Morgan fingerprint density at radius 2 is 1.04 bits per heavy atom. The van der Waals surface area contributed by atoms with Gasteiger partial charge in [0.05, 0.1) is 38.6 Å². The fraction of sp³-hybridized carbons (Fsp3) is 1.00. The van der Waals surface area contributed by atoms with Crippen LogP contribution in [0.25, 0.3) is 0 Å². The van der Waals surface area contributed by atoms with Gasteiger partial charge in [0.1, 0.15) is 0 Å². The Morgan fingerprint density at radius 1 is 0.630 bits per heavy atom. The highest BCUT2D eigenvalue weighted by molar-refractivity contribution is 5.12. The number of rotatable bonds is 8. The zero-order chi connectivity index (χ0) is 19.5. The summed E-state index contributed by atoms with van der Waals surface area (Å²) in [6.07, 6.45) is 8.73. The molecule has 4 saturated carbocycles. The molecule has 0 saturated heterocycles. The van der Waals surface area contributed by atoms with Crippen molar-refractivity contribution < 1.29 is 14.2 Å². The Bertz CT molecular complexity index is 508. The van der Waals surface area contributed by atoms with Gasteiger partial charge in [0, 0.05) is 0 Å². The quantitative estimate of drug-likeness (QED) is 0.525. The Hall–Kier alpha value is -0.120. The molecule has 3 nitrogen and oxygen atoms in total. The zero-order valence-electron chi connectivity index (χ0n) is 18.6. The summed E-state index contributed by atoms with van der Waals surface area (Å²) in [6.45, 7) is 17.5. The Morgan fingerprint density at radius 3 is 1.33 bits per heavy atom. The fourth-order valence-electron chi connectivity index (χ4n) is 7.37. The van der Waals surface area contributed by atoms with Crippen molar-refractivity contribution in [2.45, 2.75) is 92.3 Å². The van der Waals surface area contributed by atoms with Crippen LogP contribution in [0.1, 0.15) is 80.1 Å². The van der Waals surface area contributed by atoms with Crippen LogP contribution in [0, 0.1) is 33.5 Å².